The van der Waals surface area contributed by atoms with E-state index in [4.69, 9.17) is 9.84 Å². The van der Waals surface area contributed by atoms with Gasteiger partial charge in [0.2, 0.25) is 15.9 Å². The zero-order valence-electron chi connectivity index (χ0n) is 13.7. The lowest BCUT2D eigenvalue weighted by atomic mass is 9.88. The van der Waals surface area contributed by atoms with Gasteiger partial charge in [-0.1, -0.05) is 6.92 Å². The molecule has 2 N–H and O–H groups in total. The lowest BCUT2D eigenvalue weighted by Gasteiger charge is -2.27. The number of hydrogen-bond acceptors (Lipinski definition) is 5. The topological polar surface area (TPSA) is 113 Å². The molecule has 8 nitrogen and oxygen atoms in total. The second kappa shape index (κ2) is 9.19. The molecule has 1 aliphatic carbocycles. The molecule has 0 aromatic carbocycles. The van der Waals surface area contributed by atoms with Gasteiger partial charge in [0.1, 0.15) is 12.3 Å². The van der Waals surface area contributed by atoms with Crippen molar-refractivity contribution in [2.24, 2.45) is 5.92 Å². The third-order valence-electron chi connectivity index (χ3n) is 3.92. The summed E-state index contributed by atoms with van der Waals surface area (Å²) in [5, 5.41) is 8.82. The van der Waals surface area contributed by atoms with Crippen molar-refractivity contribution in [3.05, 3.63) is 0 Å². The zero-order valence-corrected chi connectivity index (χ0v) is 14.5. The molecular formula is C14H26N2O6S. The molecule has 1 fully saturated rings. The number of carboxylic acid groups (broad SMARTS) is 1. The minimum absolute atomic E-state index is 0.0398. The molecule has 23 heavy (non-hydrogen) atoms. The Kier molecular flexibility index (Phi) is 7.93. The summed E-state index contributed by atoms with van der Waals surface area (Å²) in [5.74, 6) is -2.07. The number of carboxylic acids is 1. The first kappa shape index (κ1) is 19.9. The van der Waals surface area contributed by atoms with Gasteiger partial charge in [-0.3, -0.25) is 9.59 Å². The smallest absolute Gasteiger partial charge is 0.323 e. The molecule has 1 aliphatic rings. The maximum atomic E-state index is 12.1. The maximum Gasteiger partial charge on any atom is 0.323 e. The van der Waals surface area contributed by atoms with E-state index in [9.17, 15) is 18.0 Å². The number of aliphatic carboxylic acids is 1. The number of sulfonamides is 1. The number of rotatable bonds is 9. The number of carbonyl (C=O) groups is 2. The van der Waals surface area contributed by atoms with Gasteiger partial charge in [0.25, 0.3) is 0 Å². The summed E-state index contributed by atoms with van der Waals surface area (Å²) < 4.78 is 31.6. The van der Waals surface area contributed by atoms with E-state index < -0.39 is 34.2 Å². The van der Waals surface area contributed by atoms with Gasteiger partial charge in [-0.2, -0.15) is 0 Å². The maximum absolute atomic E-state index is 12.1. The quantitative estimate of drug-likeness (QED) is 0.607. The van der Waals surface area contributed by atoms with Gasteiger partial charge in [0, 0.05) is 19.7 Å². The van der Waals surface area contributed by atoms with Crippen molar-refractivity contribution in [1.82, 2.24) is 9.62 Å². The summed E-state index contributed by atoms with van der Waals surface area (Å²) in [6, 6.07) is -0.143. The molecule has 0 aromatic heterocycles. The highest BCUT2D eigenvalue weighted by molar-refractivity contribution is 7.90. The number of hydrogen-bond donors (Lipinski definition) is 2. The molecule has 1 rings (SSSR count). The van der Waals surface area contributed by atoms with Crippen LogP contribution in [-0.2, 0) is 24.3 Å². The third-order valence-corrected chi connectivity index (χ3v) is 5.24. The second-order valence-electron chi connectivity index (χ2n) is 6.04. The van der Waals surface area contributed by atoms with Crippen LogP contribution >= 0.6 is 0 Å². The molecule has 0 spiro atoms. The monoisotopic (exact) mass is 350 g/mol. The van der Waals surface area contributed by atoms with E-state index in [2.05, 4.69) is 11.6 Å². The van der Waals surface area contributed by atoms with Crippen molar-refractivity contribution >= 4 is 21.9 Å². The largest absolute Gasteiger partial charge is 0.480 e. The van der Waals surface area contributed by atoms with Crippen molar-refractivity contribution in [3.63, 3.8) is 0 Å². The van der Waals surface area contributed by atoms with Crippen molar-refractivity contribution in [1.29, 1.82) is 0 Å². The first-order valence-electron chi connectivity index (χ1n) is 7.72. The minimum Gasteiger partial charge on any atom is -0.480 e. The first-order chi connectivity index (χ1) is 10.7. The number of methoxy groups -OCH3 is 1. The van der Waals surface area contributed by atoms with Gasteiger partial charge in [-0.05, 0) is 31.6 Å². The van der Waals surface area contributed by atoms with Gasteiger partial charge in [-0.25, -0.2) is 13.1 Å². The molecule has 0 aliphatic heterocycles. The molecule has 0 heterocycles. The highest BCUT2D eigenvalue weighted by atomic mass is 32.2. The normalized spacial score (nSPS) is 21.8. The van der Waals surface area contributed by atoms with Crippen molar-refractivity contribution < 1.29 is 27.9 Å². The predicted molar refractivity (Wildman–Crippen MR) is 84.4 cm³/mol. The van der Waals surface area contributed by atoms with Gasteiger partial charge < -0.3 is 14.7 Å². The van der Waals surface area contributed by atoms with Crippen LogP contribution in [0.25, 0.3) is 0 Å². The van der Waals surface area contributed by atoms with Gasteiger partial charge in [-0.15, -0.1) is 0 Å². The average molecular weight is 350 g/mol. The SMILES string of the molecule is COCCN(CC(=O)O)C(=O)CS(=O)(=O)NC1CCC(C)CC1. The van der Waals surface area contributed by atoms with Crippen LogP contribution in [0, 0.1) is 5.92 Å². The summed E-state index contributed by atoms with van der Waals surface area (Å²) in [7, 11) is -2.36. The summed E-state index contributed by atoms with van der Waals surface area (Å²) in [6.07, 6.45) is 3.44. The van der Waals surface area contributed by atoms with Gasteiger partial charge in [0.05, 0.1) is 6.61 Å². The molecule has 1 saturated carbocycles. The fourth-order valence-electron chi connectivity index (χ4n) is 2.58. The van der Waals surface area contributed by atoms with E-state index in [1.807, 2.05) is 0 Å². The Bertz CT molecular complexity index is 499. The standard InChI is InChI=1S/C14H26N2O6S/c1-11-3-5-12(6-4-11)15-23(20,21)10-13(17)16(7-8-22-2)9-14(18)19/h11-12,15H,3-10H2,1-2H3,(H,18,19). The van der Waals surface area contributed by atoms with Crippen LogP contribution in [0.4, 0.5) is 0 Å². The molecule has 1 amide bonds. The molecule has 0 aromatic rings. The molecule has 0 unspecified atom stereocenters. The van der Waals surface area contributed by atoms with E-state index in [1.165, 1.54) is 7.11 Å². The highest BCUT2D eigenvalue weighted by Crippen LogP contribution is 2.23. The lowest BCUT2D eigenvalue weighted by molar-refractivity contribution is -0.143. The summed E-state index contributed by atoms with van der Waals surface area (Å²) in [6.45, 7) is 1.78. The highest BCUT2D eigenvalue weighted by Gasteiger charge is 2.27. The van der Waals surface area contributed by atoms with Gasteiger partial charge >= 0.3 is 5.97 Å². The first-order valence-corrected chi connectivity index (χ1v) is 9.37. The van der Waals surface area contributed by atoms with Crippen molar-refractivity contribution in [2.75, 3.05) is 32.6 Å². The van der Waals surface area contributed by atoms with E-state index >= 15 is 0 Å². The molecule has 134 valence electrons. The van der Waals surface area contributed by atoms with Crippen LogP contribution in [0.3, 0.4) is 0 Å². The minimum atomic E-state index is -3.78. The third kappa shape index (κ3) is 7.76. The molecule has 0 bridgehead atoms. The Morgan fingerprint density at radius 3 is 2.39 bits per heavy atom. The van der Waals surface area contributed by atoms with E-state index in [1.54, 1.807) is 0 Å². The Morgan fingerprint density at radius 2 is 1.87 bits per heavy atom. The van der Waals surface area contributed by atoms with Gasteiger partial charge in [0.15, 0.2) is 0 Å². The Hall–Kier alpha value is -1.19. The molecule has 0 saturated heterocycles. The van der Waals surface area contributed by atoms with Crippen molar-refractivity contribution in [2.45, 2.75) is 38.6 Å². The molecular weight excluding hydrogens is 324 g/mol. The fraction of sp³-hybridized carbons (Fsp3) is 0.857. The number of ether oxygens (including phenoxy) is 1. The van der Waals surface area contributed by atoms with Crippen LogP contribution in [0.15, 0.2) is 0 Å². The molecule has 9 heteroatoms. The number of carbonyl (C=O) groups excluding carboxylic acids is 1. The van der Waals surface area contributed by atoms with Crippen LogP contribution in [0.5, 0.6) is 0 Å². The average Bonchev–Trinajstić information content (AvgIpc) is 2.44. The van der Waals surface area contributed by atoms with Crippen LogP contribution in [-0.4, -0.2) is 68.9 Å². The number of nitrogens with one attached hydrogen (secondary N) is 1. The van der Waals surface area contributed by atoms with Crippen LogP contribution < -0.4 is 4.72 Å². The van der Waals surface area contributed by atoms with Crippen molar-refractivity contribution in [3.8, 4) is 0 Å². The predicted octanol–water partition coefficient (Wildman–Crippen LogP) is 0.0441. The Labute approximate surface area is 137 Å². The Balaban J connectivity index is 2.58. The summed E-state index contributed by atoms with van der Waals surface area (Å²) >= 11 is 0. The Morgan fingerprint density at radius 1 is 1.26 bits per heavy atom. The fourth-order valence-corrected chi connectivity index (χ4v) is 3.92. The molecule has 0 atom stereocenters. The lowest BCUT2D eigenvalue weighted by Crippen LogP contribution is -2.45. The second-order valence-corrected chi connectivity index (χ2v) is 7.79. The summed E-state index contributed by atoms with van der Waals surface area (Å²) in [4.78, 5) is 23.9. The van der Waals surface area contributed by atoms with Crippen LogP contribution in [0.2, 0.25) is 0 Å². The molecule has 0 radical (unpaired) electrons. The number of amides is 1. The zero-order chi connectivity index (χ0) is 17.5. The van der Waals surface area contributed by atoms with E-state index in [-0.39, 0.29) is 19.2 Å². The van der Waals surface area contributed by atoms with Crippen LogP contribution in [0.1, 0.15) is 32.6 Å². The summed E-state index contributed by atoms with van der Waals surface area (Å²) in [5.41, 5.74) is 0. The number of nitrogens with zero attached hydrogens (tertiary/aromatic N) is 1. The van der Waals surface area contributed by atoms with E-state index in [0.29, 0.717) is 5.92 Å². The van der Waals surface area contributed by atoms with E-state index in [0.717, 1.165) is 30.6 Å².